The van der Waals surface area contributed by atoms with Gasteiger partial charge in [-0.3, -0.25) is 0 Å². The molecule has 1 aliphatic heterocycles. The van der Waals surface area contributed by atoms with E-state index in [1.807, 2.05) is 18.2 Å². The molecule has 182 valence electrons. The van der Waals surface area contributed by atoms with E-state index >= 15 is 0 Å². The highest BCUT2D eigenvalue weighted by molar-refractivity contribution is 6.39. The maximum Gasteiger partial charge on any atom is 0.337 e. The Balaban J connectivity index is 1.13. The van der Waals surface area contributed by atoms with Crippen LogP contribution < -0.4 is 4.90 Å². The van der Waals surface area contributed by atoms with Gasteiger partial charge >= 0.3 is 5.97 Å². The molecule has 35 heavy (non-hydrogen) atoms. The minimum absolute atomic E-state index is 0.172. The Morgan fingerprint density at radius 1 is 1.11 bits per heavy atom. The normalized spacial score (nSPS) is 23.6. The third-order valence-electron chi connectivity index (χ3n) is 7.46. The van der Waals surface area contributed by atoms with Crippen molar-refractivity contribution in [2.45, 2.75) is 44.3 Å². The van der Waals surface area contributed by atoms with E-state index in [1.54, 1.807) is 12.1 Å². The van der Waals surface area contributed by atoms with Crippen LogP contribution in [0.25, 0.3) is 11.3 Å². The second kappa shape index (κ2) is 9.12. The Morgan fingerprint density at radius 2 is 1.83 bits per heavy atom. The Morgan fingerprint density at radius 3 is 2.43 bits per heavy atom. The average Bonchev–Trinajstić information content (AvgIpc) is 3.31. The van der Waals surface area contributed by atoms with Crippen molar-refractivity contribution in [1.29, 1.82) is 0 Å². The molecule has 3 aliphatic rings. The molecule has 9 heteroatoms. The van der Waals surface area contributed by atoms with Crippen LogP contribution in [0.3, 0.4) is 0 Å². The highest BCUT2D eigenvalue weighted by Gasteiger charge is 2.42. The molecule has 7 nitrogen and oxygen atoms in total. The zero-order chi connectivity index (χ0) is 24.1. The van der Waals surface area contributed by atoms with Crippen molar-refractivity contribution in [2.75, 3.05) is 18.0 Å². The molecule has 1 unspecified atom stereocenters. The zero-order valence-electron chi connectivity index (χ0n) is 19.0. The minimum Gasteiger partial charge on any atom is -0.478 e. The standard InChI is InChI=1S/C26H25Cl2N3O4/c27-20-2-1-3-21(28)23(20)24-19(25(35-30-24)14-4-5-14)13-34-18-8-16-11-31(12-17(16)9-18)22-7-6-15(10-29-22)26(32)33/h1-3,6-7,10,14,16-18H,4-5,8-9,11-13H2,(H,32,33)/t16-,17?,18-/m0/s1. The summed E-state index contributed by atoms with van der Waals surface area (Å²) in [6, 6.07) is 8.86. The van der Waals surface area contributed by atoms with Crippen molar-refractivity contribution in [3.63, 3.8) is 0 Å². The van der Waals surface area contributed by atoms with Crippen LogP contribution in [-0.2, 0) is 11.3 Å². The van der Waals surface area contributed by atoms with E-state index < -0.39 is 5.97 Å². The molecule has 1 aromatic carbocycles. The number of hydrogen-bond donors (Lipinski definition) is 1. The molecule has 0 spiro atoms. The van der Waals surface area contributed by atoms with Gasteiger partial charge < -0.3 is 19.3 Å². The lowest BCUT2D eigenvalue weighted by Gasteiger charge is -2.20. The maximum atomic E-state index is 11.1. The van der Waals surface area contributed by atoms with Crippen LogP contribution in [0.4, 0.5) is 5.82 Å². The van der Waals surface area contributed by atoms with Crippen molar-refractivity contribution in [1.82, 2.24) is 10.1 Å². The van der Waals surface area contributed by atoms with Crippen LogP contribution in [0.1, 0.15) is 53.3 Å². The molecule has 6 rings (SSSR count). The highest BCUT2D eigenvalue weighted by atomic mass is 35.5. The number of hydrogen-bond acceptors (Lipinski definition) is 6. The summed E-state index contributed by atoms with van der Waals surface area (Å²) in [5.41, 5.74) is 2.55. The number of halogens is 2. The smallest absolute Gasteiger partial charge is 0.337 e. The molecular weight excluding hydrogens is 489 g/mol. The van der Waals surface area contributed by atoms with Crippen LogP contribution in [0.2, 0.25) is 10.0 Å². The minimum atomic E-state index is -0.958. The number of fused-ring (bicyclic) bond motifs is 1. The lowest BCUT2D eigenvalue weighted by molar-refractivity contribution is 0.0402. The molecule has 3 atom stereocenters. The fourth-order valence-corrected chi connectivity index (χ4v) is 6.09. The average molecular weight is 514 g/mol. The number of carboxylic acids is 1. The molecule has 0 radical (unpaired) electrons. The molecule has 2 aliphatic carbocycles. The van der Waals surface area contributed by atoms with Gasteiger partial charge in [-0.2, -0.15) is 0 Å². The number of aromatic nitrogens is 2. The van der Waals surface area contributed by atoms with E-state index in [9.17, 15) is 4.79 Å². The molecule has 2 saturated carbocycles. The summed E-state index contributed by atoms with van der Waals surface area (Å²) < 4.78 is 12.2. The molecule has 1 N–H and O–H groups in total. The fourth-order valence-electron chi connectivity index (χ4n) is 5.52. The zero-order valence-corrected chi connectivity index (χ0v) is 20.5. The second-order valence-corrected chi connectivity index (χ2v) is 10.6. The van der Waals surface area contributed by atoms with Crippen LogP contribution in [0, 0.1) is 11.8 Å². The van der Waals surface area contributed by atoms with Gasteiger partial charge in [0.1, 0.15) is 17.3 Å². The number of carboxylic acid groups (broad SMARTS) is 1. The number of aromatic carboxylic acids is 1. The number of benzene rings is 1. The van der Waals surface area contributed by atoms with Gasteiger partial charge in [-0.25, -0.2) is 9.78 Å². The summed E-state index contributed by atoms with van der Waals surface area (Å²) in [5.74, 6) is 2.23. The van der Waals surface area contributed by atoms with Gasteiger partial charge in [-0.05, 0) is 61.8 Å². The predicted molar refractivity (Wildman–Crippen MR) is 132 cm³/mol. The van der Waals surface area contributed by atoms with Gasteiger partial charge in [0.05, 0.1) is 28.3 Å². The van der Waals surface area contributed by atoms with Crippen LogP contribution in [0.5, 0.6) is 0 Å². The van der Waals surface area contributed by atoms with E-state index in [0.29, 0.717) is 45.7 Å². The topological polar surface area (TPSA) is 88.7 Å². The monoisotopic (exact) mass is 513 g/mol. The van der Waals surface area contributed by atoms with Gasteiger partial charge in [0.25, 0.3) is 0 Å². The van der Waals surface area contributed by atoms with E-state index in [1.165, 1.54) is 6.20 Å². The van der Waals surface area contributed by atoms with Gasteiger partial charge in [-0.1, -0.05) is 34.4 Å². The number of carbonyl (C=O) groups is 1. The number of pyridine rings is 1. The Labute approximate surface area is 213 Å². The van der Waals surface area contributed by atoms with E-state index in [2.05, 4.69) is 15.0 Å². The summed E-state index contributed by atoms with van der Waals surface area (Å²) >= 11 is 12.9. The number of anilines is 1. The van der Waals surface area contributed by atoms with Crippen molar-refractivity contribution < 1.29 is 19.2 Å². The van der Waals surface area contributed by atoms with Crippen LogP contribution in [-0.4, -0.2) is 40.4 Å². The molecule has 0 bridgehead atoms. The fraction of sp³-hybridized carbons (Fsp3) is 0.423. The molecule has 2 aromatic heterocycles. The van der Waals surface area contributed by atoms with Crippen molar-refractivity contribution in [3.8, 4) is 11.3 Å². The van der Waals surface area contributed by atoms with E-state index in [-0.39, 0.29) is 11.7 Å². The third kappa shape index (κ3) is 4.41. The quantitative estimate of drug-likeness (QED) is 0.411. The number of ether oxygens (including phenoxy) is 1. The molecule has 3 aromatic rings. The van der Waals surface area contributed by atoms with Crippen molar-refractivity contribution >= 4 is 35.0 Å². The predicted octanol–water partition coefficient (Wildman–Crippen LogP) is 6.05. The molecule has 0 amide bonds. The molecule has 3 fully saturated rings. The first-order valence-electron chi connectivity index (χ1n) is 12.0. The van der Waals surface area contributed by atoms with Crippen molar-refractivity contribution in [3.05, 3.63) is 63.5 Å². The second-order valence-electron chi connectivity index (χ2n) is 9.78. The summed E-state index contributed by atoms with van der Waals surface area (Å²) in [6.07, 6.45) is 5.77. The lowest BCUT2D eigenvalue weighted by atomic mass is 10.0. The first-order valence-corrected chi connectivity index (χ1v) is 12.7. The van der Waals surface area contributed by atoms with Gasteiger partial charge in [0.2, 0.25) is 0 Å². The third-order valence-corrected chi connectivity index (χ3v) is 8.09. The summed E-state index contributed by atoms with van der Waals surface area (Å²) in [7, 11) is 0. The molecular formula is C26H25Cl2N3O4. The first kappa shape index (κ1) is 22.8. The Bertz CT molecular complexity index is 1220. The van der Waals surface area contributed by atoms with Gasteiger partial charge in [0, 0.05) is 36.3 Å². The first-order chi connectivity index (χ1) is 17.0. The van der Waals surface area contributed by atoms with E-state index in [4.69, 9.17) is 37.6 Å². The van der Waals surface area contributed by atoms with E-state index in [0.717, 1.165) is 55.9 Å². The Hall–Kier alpha value is -2.61. The maximum absolute atomic E-state index is 11.1. The van der Waals surface area contributed by atoms with Crippen molar-refractivity contribution in [2.24, 2.45) is 11.8 Å². The lowest BCUT2D eigenvalue weighted by Crippen LogP contribution is -2.24. The van der Waals surface area contributed by atoms with Crippen LogP contribution >= 0.6 is 23.2 Å². The molecule has 1 saturated heterocycles. The summed E-state index contributed by atoms with van der Waals surface area (Å²) in [6.45, 7) is 2.24. The molecule has 3 heterocycles. The number of rotatable bonds is 7. The SMILES string of the molecule is O=C(O)c1ccc(N2CC3C[C@@H](OCc4c(-c5c(Cl)cccc5Cl)noc4C4CC4)C[C@H]3C2)nc1. The van der Waals surface area contributed by atoms with Gasteiger partial charge in [-0.15, -0.1) is 0 Å². The number of nitrogens with zero attached hydrogens (tertiary/aromatic N) is 3. The van der Waals surface area contributed by atoms with Gasteiger partial charge in [0.15, 0.2) is 0 Å². The largest absolute Gasteiger partial charge is 0.478 e. The van der Waals surface area contributed by atoms with Crippen LogP contribution in [0.15, 0.2) is 41.1 Å². The summed E-state index contributed by atoms with van der Waals surface area (Å²) in [4.78, 5) is 17.7. The summed E-state index contributed by atoms with van der Waals surface area (Å²) in [5, 5.41) is 14.5. The highest BCUT2D eigenvalue weighted by Crippen LogP contribution is 2.47. The Kier molecular flexibility index (Phi) is 5.95.